The fourth-order valence-corrected chi connectivity index (χ4v) is 2.73. The lowest BCUT2D eigenvalue weighted by Crippen LogP contribution is -2.44. The first kappa shape index (κ1) is 19.0. The van der Waals surface area contributed by atoms with Gasteiger partial charge in [0, 0.05) is 6.42 Å². The van der Waals surface area contributed by atoms with Gasteiger partial charge in [0.2, 0.25) is 5.79 Å². The van der Waals surface area contributed by atoms with E-state index in [9.17, 15) is 19.8 Å². The fraction of sp³-hybridized carbons (Fsp3) is 0.300. The second-order valence-electron chi connectivity index (χ2n) is 6.24. The number of aliphatic hydroxyl groups is 2. The van der Waals surface area contributed by atoms with Crippen LogP contribution in [0.3, 0.4) is 0 Å². The molecule has 3 rings (SSSR count). The monoisotopic (exact) mass is 372 g/mol. The highest BCUT2D eigenvalue weighted by molar-refractivity contribution is 5.89. The third-order valence-electron chi connectivity index (χ3n) is 4.21. The van der Waals surface area contributed by atoms with Gasteiger partial charge >= 0.3 is 11.9 Å². The molecule has 3 atom stereocenters. The molecular formula is C20H20O7. The van der Waals surface area contributed by atoms with E-state index in [-0.39, 0.29) is 13.0 Å². The zero-order valence-corrected chi connectivity index (χ0v) is 14.5. The molecule has 1 saturated heterocycles. The third-order valence-corrected chi connectivity index (χ3v) is 4.21. The number of rotatable bonds is 6. The van der Waals surface area contributed by atoms with Crippen LogP contribution in [0.4, 0.5) is 0 Å². The van der Waals surface area contributed by atoms with Crippen LogP contribution in [0.2, 0.25) is 0 Å². The van der Waals surface area contributed by atoms with Gasteiger partial charge in [-0.05, 0) is 24.3 Å². The van der Waals surface area contributed by atoms with Crippen molar-refractivity contribution in [3.63, 3.8) is 0 Å². The van der Waals surface area contributed by atoms with E-state index in [2.05, 4.69) is 0 Å². The summed E-state index contributed by atoms with van der Waals surface area (Å²) in [6.45, 7) is -0.676. The van der Waals surface area contributed by atoms with Gasteiger partial charge in [-0.2, -0.15) is 0 Å². The van der Waals surface area contributed by atoms with E-state index in [4.69, 9.17) is 14.2 Å². The Kier molecular flexibility index (Phi) is 5.85. The Morgan fingerprint density at radius 3 is 2.04 bits per heavy atom. The van der Waals surface area contributed by atoms with Crippen molar-refractivity contribution in [2.75, 3.05) is 13.2 Å². The first-order valence-electron chi connectivity index (χ1n) is 8.50. The summed E-state index contributed by atoms with van der Waals surface area (Å²) in [7, 11) is 0. The number of aliphatic hydroxyl groups excluding tert-OH is 1. The minimum Gasteiger partial charge on any atom is -0.459 e. The maximum absolute atomic E-state index is 12.0. The summed E-state index contributed by atoms with van der Waals surface area (Å²) in [4.78, 5) is 23.9. The predicted octanol–water partition coefficient (Wildman–Crippen LogP) is 1.54. The maximum Gasteiger partial charge on any atom is 0.338 e. The van der Waals surface area contributed by atoms with Crippen LogP contribution in [-0.2, 0) is 14.2 Å². The molecule has 0 unspecified atom stereocenters. The van der Waals surface area contributed by atoms with Crippen molar-refractivity contribution in [1.82, 2.24) is 0 Å². The molecule has 1 fully saturated rings. The van der Waals surface area contributed by atoms with Crippen molar-refractivity contribution in [3.05, 3.63) is 71.8 Å². The minimum absolute atomic E-state index is 0.0431. The van der Waals surface area contributed by atoms with Crippen molar-refractivity contribution in [3.8, 4) is 0 Å². The molecule has 142 valence electrons. The molecule has 0 radical (unpaired) electrons. The smallest absolute Gasteiger partial charge is 0.338 e. The lowest BCUT2D eigenvalue weighted by atomic mass is 10.1. The number of hydrogen-bond donors (Lipinski definition) is 2. The molecular weight excluding hydrogens is 352 g/mol. The van der Waals surface area contributed by atoms with E-state index in [0.29, 0.717) is 11.1 Å². The Bertz CT molecular complexity index is 777. The largest absolute Gasteiger partial charge is 0.459 e. The van der Waals surface area contributed by atoms with Gasteiger partial charge < -0.3 is 24.4 Å². The van der Waals surface area contributed by atoms with Gasteiger partial charge in [-0.15, -0.1) is 0 Å². The summed E-state index contributed by atoms with van der Waals surface area (Å²) in [6.07, 6.45) is -1.95. The average Bonchev–Trinajstić information content (AvgIpc) is 2.99. The second kappa shape index (κ2) is 8.30. The molecule has 27 heavy (non-hydrogen) atoms. The van der Waals surface area contributed by atoms with Gasteiger partial charge in [0.1, 0.15) is 19.3 Å². The van der Waals surface area contributed by atoms with Crippen LogP contribution in [0, 0.1) is 0 Å². The normalized spacial score (nSPS) is 24.4. The fourth-order valence-electron chi connectivity index (χ4n) is 2.73. The highest BCUT2D eigenvalue weighted by Gasteiger charge is 2.48. The molecule has 0 aliphatic carbocycles. The predicted molar refractivity (Wildman–Crippen MR) is 93.9 cm³/mol. The molecule has 7 nitrogen and oxygen atoms in total. The number of carbonyl (C=O) groups is 2. The molecule has 2 aromatic carbocycles. The molecule has 0 amide bonds. The van der Waals surface area contributed by atoms with Gasteiger partial charge in [0.15, 0.2) is 0 Å². The van der Waals surface area contributed by atoms with Crippen LogP contribution in [0.25, 0.3) is 0 Å². The Balaban J connectivity index is 1.51. The summed E-state index contributed by atoms with van der Waals surface area (Å²) >= 11 is 0. The number of benzene rings is 2. The highest BCUT2D eigenvalue weighted by Crippen LogP contribution is 2.29. The van der Waals surface area contributed by atoms with E-state index in [1.54, 1.807) is 60.7 Å². The molecule has 2 N–H and O–H groups in total. The van der Waals surface area contributed by atoms with Crippen molar-refractivity contribution in [2.24, 2.45) is 0 Å². The Morgan fingerprint density at radius 1 is 0.963 bits per heavy atom. The molecule has 0 spiro atoms. The van der Waals surface area contributed by atoms with E-state index < -0.39 is 36.5 Å². The molecule has 1 heterocycles. The van der Waals surface area contributed by atoms with Gasteiger partial charge in [-0.25, -0.2) is 9.59 Å². The maximum atomic E-state index is 12.0. The molecule has 1 aliphatic rings. The van der Waals surface area contributed by atoms with Crippen LogP contribution in [0.1, 0.15) is 27.1 Å². The van der Waals surface area contributed by atoms with Crippen molar-refractivity contribution in [2.45, 2.75) is 24.4 Å². The molecule has 0 aromatic heterocycles. The van der Waals surface area contributed by atoms with E-state index in [0.717, 1.165) is 0 Å². The van der Waals surface area contributed by atoms with E-state index in [1.165, 1.54) is 0 Å². The topological polar surface area (TPSA) is 102 Å². The van der Waals surface area contributed by atoms with Crippen LogP contribution >= 0.6 is 0 Å². The Hall–Kier alpha value is -2.74. The SMILES string of the molecule is O=C(OC[C@@H]1C[C@H](O)[C@@](O)(COC(=O)c2ccccc2)O1)c1ccccc1. The Labute approximate surface area is 156 Å². The minimum atomic E-state index is -2.05. The summed E-state index contributed by atoms with van der Waals surface area (Å²) in [5, 5.41) is 20.5. The molecule has 2 aromatic rings. The molecule has 0 bridgehead atoms. The molecule has 0 saturated carbocycles. The van der Waals surface area contributed by atoms with E-state index >= 15 is 0 Å². The third kappa shape index (κ3) is 4.71. The van der Waals surface area contributed by atoms with Crippen LogP contribution < -0.4 is 0 Å². The summed E-state index contributed by atoms with van der Waals surface area (Å²) in [6, 6.07) is 16.7. The first-order chi connectivity index (χ1) is 13.0. The number of hydrogen-bond acceptors (Lipinski definition) is 7. The Morgan fingerprint density at radius 2 is 1.48 bits per heavy atom. The number of ether oxygens (including phenoxy) is 3. The zero-order valence-electron chi connectivity index (χ0n) is 14.5. The molecule has 7 heteroatoms. The lowest BCUT2D eigenvalue weighted by molar-refractivity contribution is -0.247. The zero-order chi connectivity index (χ0) is 19.3. The first-order valence-corrected chi connectivity index (χ1v) is 8.50. The van der Waals surface area contributed by atoms with Crippen molar-refractivity contribution in [1.29, 1.82) is 0 Å². The van der Waals surface area contributed by atoms with Gasteiger partial charge in [0.25, 0.3) is 0 Å². The number of carbonyl (C=O) groups excluding carboxylic acids is 2. The summed E-state index contributed by atoms with van der Waals surface area (Å²) < 4.78 is 15.6. The van der Waals surface area contributed by atoms with Gasteiger partial charge in [-0.1, -0.05) is 36.4 Å². The van der Waals surface area contributed by atoms with E-state index in [1.807, 2.05) is 0 Å². The van der Waals surface area contributed by atoms with Gasteiger partial charge in [-0.3, -0.25) is 0 Å². The highest BCUT2D eigenvalue weighted by atomic mass is 16.7. The second-order valence-corrected chi connectivity index (χ2v) is 6.24. The summed E-state index contributed by atoms with van der Waals surface area (Å²) in [5.41, 5.74) is 0.713. The molecule has 1 aliphatic heterocycles. The quantitative estimate of drug-likeness (QED) is 0.742. The van der Waals surface area contributed by atoms with Crippen LogP contribution in [0.15, 0.2) is 60.7 Å². The lowest BCUT2D eigenvalue weighted by Gasteiger charge is -2.25. The van der Waals surface area contributed by atoms with Crippen LogP contribution in [0.5, 0.6) is 0 Å². The van der Waals surface area contributed by atoms with Gasteiger partial charge in [0.05, 0.1) is 17.2 Å². The standard InChI is InChI=1S/C20H20O7/c21-17-11-16(12-25-18(22)14-7-3-1-4-8-14)27-20(17,24)13-26-19(23)15-9-5-2-6-10-15/h1-10,16-17,21,24H,11-13H2/t16-,17-,20+/m0/s1. The number of esters is 2. The average molecular weight is 372 g/mol. The summed E-state index contributed by atoms with van der Waals surface area (Å²) in [5.74, 6) is -3.22. The van der Waals surface area contributed by atoms with Crippen molar-refractivity contribution < 1.29 is 34.0 Å². The van der Waals surface area contributed by atoms with Crippen molar-refractivity contribution >= 4 is 11.9 Å². The van der Waals surface area contributed by atoms with Crippen LogP contribution in [-0.4, -0.2) is 53.4 Å².